The first-order valence-corrected chi connectivity index (χ1v) is 12.1. The molecule has 2 aromatic carbocycles. The van der Waals surface area contributed by atoms with E-state index >= 15 is 0 Å². The SMILES string of the molecule is CC(=O)N1CCc2cc(S(=O)(=O)N3CCC(CC(=O)Nc4ccc(F)cc4)CC3)ccc21. The van der Waals surface area contributed by atoms with E-state index in [1.54, 1.807) is 23.1 Å². The second kappa shape index (κ2) is 8.99. The number of nitrogens with zero attached hydrogens (tertiary/aromatic N) is 2. The van der Waals surface area contributed by atoms with Gasteiger partial charge in [0.2, 0.25) is 21.8 Å². The maximum atomic E-state index is 13.1. The predicted octanol–water partition coefficient (Wildman–Crippen LogP) is 3.16. The summed E-state index contributed by atoms with van der Waals surface area (Å²) in [6, 6.07) is 10.5. The Hall–Kier alpha value is -2.78. The molecule has 1 saturated heterocycles. The van der Waals surface area contributed by atoms with E-state index in [1.165, 1.54) is 35.5 Å². The zero-order valence-electron chi connectivity index (χ0n) is 17.9. The Morgan fingerprint density at radius 2 is 1.75 bits per heavy atom. The van der Waals surface area contributed by atoms with Crippen LogP contribution in [0.2, 0.25) is 0 Å². The van der Waals surface area contributed by atoms with Gasteiger partial charge in [-0.1, -0.05) is 0 Å². The van der Waals surface area contributed by atoms with Gasteiger partial charge in [0.25, 0.3) is 0 Å². The molecule has 0 radical (unpaired) electrons. The second-order valence-corrected chi connectivity index (χ2v) is 10.3. The Bertz CT molecular complexity index is 1130. The largest absolute Gasteiger partial charge is 0.326 e. The van der Waals surface area contributed by atoms with Crippen LogP contribution in [0.15, 0.2) is 47.4 Å². The number of rotatable bonds is 5. The molecule has 0 aliphatic carbocycles. The van der Waals surface area contributed by atoms with Crippen molar-refractivity contribution in [3.8, 4) is 0 Å². The van der Waals surface area contributed by atoms with Crippen LogP contribution < -0.4 is 10.2 Å². The minimum Gasteiger partial charge on any atom is -0.326 e. The van der Waals surface area contributed by atoms with Crippen LogP contribution in [0, 0.1) is 11.7 Å². The molecule has 9 heteroatoms. The molecule has 7 nitrogen and oxygen atoms in total. The number of piperidine rings is 1. The first-order chi connectivity index (χ1) is 15.2. The summed E-state index contributed by atoms with van der Waals surface area (Å²) >= 11 is 0. The standard InChI is InChI=1S/C23H26FN3O4S/c1-16(28)27-13-10-18-15-21(6-7-22(18)27)32(30,31)26-11-8-17(9-12-26)14-23(29)25-20-4-2-19(24)3-5-20/h2-7,15,17H,8-14H2,1H3,(H,25,29). The number of anilines is 2. The van der Waals surface area contributed by atoms with E-state index in [4.69, 9.17) is 0 Å². The quantitative estimate of drug-likeness (QED) is 0.744. The lowest BCUT2D eigenvalue weighted by Crippen LogP contribution is -2.39. The lowest BCUT2D eigenvalue weighted by Gasteiger charge is -2.31. The maximum absolute atomic E-state index is 13.1. The fourth-order valence-corrected chi connectivity index (χ4v) is 5.90. The van der Waals surface area contributed by atoms with Crippen molar-refractivity contribution in [2.24, 2.45) is 5.92 Å². The van der Waals surface area contributed by atoms with Crippen molar-refractivity contribution in [2.75, 3.05) is 29.9 Å². The van der Waals surface area contributed by atoms with Crippen LogP contribution in [0.4, 0.5) is 15.8 Å². The van der Waals surface area contributed by atoms with Gasteiger partial charge in [0.15, 0.2) is 0 Å². The smallest absolute Gasteiger partial charge is 0.243 e. The van der Waals surface area contributed by atoms with Crippen molar-refractivity contribution in [3.05, 3.63) is 53.8 Å². The summed E-state index contributed by atoms with van der Waals surface area (Å²) in [5.74, 6) is -0.487. The molecule has 2 aliphatic rings. The number of fused-ring (bicyclic) bond motifs is 1. The Labute approximate surface area is 187 Å². The van der Waals surface area contributed by atoms with Crippen LogP contribution in [0.25, 0.3) is 0 Å². The normalized spacial score (nSPS) is 17.2. The summed E-state index contributed by atoms with van der Waals surface area (Å²) in [5.41, 5.74) is 2.19. The summed E-state index contributed by atoms with van der Waals surface area (Å²) in [6.45, 7) is 2.78. The molecule has 2 amide bonds. The van der Waals surface area contributed by atoms with Crippen molar-refractivity contribution in [1.29, 1.82) is 0 Å². The van der Waals surface area contributed by atoms with Gasteiger partial charge < -0.3 is 10.2 Å². The lowest BCUT2D eigenvalue weighted by atomic mass is 9.94. The van der Waals surface area contributed by atoms with E-state index in [0.717, 1.165) is 11.3 Å². The number of amides is 2. The molecule has 0 atom stereocenters. The summed E-state index contributed by atoms with van der Waals surface area (Å²) in [4.78, 5) is 25.9. The minimum absolute atomic E-state index is 0.0510. The molecule has 2 aromatic rings. The van der Waals surface area contributed by atoms with Crippen LogP contribution >= 0.6 is 0 Å². The third-order valence-corrected chi connectivity index (χ3v) is 8.03. The maximum Gasteiger partial charge on any atom is 0.243 e. The zero-order chi connectivity index (χ0) is 22.9. The summed E-state index contributed by atoms with van der Waals surface area (Å²) < 4.78 is 40.7. The number of halogens is 1. The van der Waals surface area contributed by atoms with E-state index < -0.39 is 10.0 Å². The molecule has 1 fully saturated rings. The van der Waals surface area contributed by atoms with Crippen LogP contribution in [0.5, 0.6) is 0 Å². The number of hydrogen-bond donors (Lipinski definition) is 1. The molecule has 0 aromatic heterocycles. The lowest BCUT2D eigenvalue weighted by molar-refractivity contribution is -0.117. The Kier molecular flexibility index (Phi) is 6.30. The molecule has 2 heterocycles. The van der Waals surface area contributed by atoms with Gasteiger partial charge in [0, 0.05) is 44.4 Å². The molecule has 0 spiro atoms. The number of sulfonamides is 1. The molecular weight excluding hydrogens is 433 g/mol. The van der Waals surface area contributed by atoms with Crippen molar-refractivity contribution < 1.29 is 22.4 Å². The highest BCUT2D eigenvalue weighted by molar-refractivity contribution is 7.89. The molecule has 0 unspecified atom stereocenters. The fourth-order valence-electron chi connectivity index (χ4n) is 4.38. The average Bonchev–Trinajstić information content (AvgIpc) is 3.19. The molecule has 2 aliphatic heterocycles. The Morgan fingerprint density at radius 3 is 2.41 bits per heavy atom. The monoisotopic (exact) mass is 459 g/mol. The first-order valence-electron chi connectivity index (χ1n) is 10.7. The van der Waals surface area contributed by atoms with E-state index in [2.05, 4.69) is 5.32 Å². The number of nitrogens with one attached hydrogen (secondary N) is 1. The molecule has 0 saturated carbocycles. The third kappa shape index (κ3) is 4.68. The highest BCUT2D eigenvalue weighted by Crippen LogP contribution is 2.32. The van der Waals surface area contributed by atoms with Crippen LogP contribution in [0.1, 0.15) is 31.7 Å². The highest BCUT2D eigenvalue weighted by atomic mass is 32.2. The summed E-state index contributed by atoms with van der Waals surface area (Å²) in [5, 5.41) is 2.75. The summed E-state index contributed by atoms with van der Waals surface area (Å²) in [7, 11) is -3.63. The Morgan fingerprint density at radius 1 is 1.06 bits per heavy atom. The van der Waals surface area contributed by atoms with E-state index in [-0.39, 0.29) is 28.4 Å². The minimum atomic E-state index is -3.63. The first kappa shape index (κ1) is 22.4. The van der Waals surface area contributed by atoms with Gasteiger partial charge >= 0.3 is 0 Å². The number of benzene rings is 2. The van der Waals surface area contributed by atoms with Gasteiger partial charge in [-0.2, -0.15) is 4.31 Å². The van der Waals surface area contributed by atoms with Gasteiger partial charge in [-0.05, 0) is 73.2 Å². The van der Waals surface area contributed by atoms with Gasteiger partial charge in [-0.15, -0.1) is 0 Å². The summed E-state index contributed by atoms with van der Waals surface area (Å²) in [6.07, 6.45) is 2.13. The number of hydrogen-bond acceptors (Lipinski definition) is 4. The molecular formula is C23H26FN3O4S. The second-order valence-electron chi connectivity index (χ2n) is 8.32. The van der Waals surface area contributed by atoms with Gasteiger partial charge in [-0.25, -0.2) is 12.8 Å². The van der Waals surface area contributed by atoms with Gasteiger partial charge in [-0.3, -0.25) is 9.59 Å². The predicted molar refractivity (Wildman–Crippen MR) is 119 cm³/mol. The molecule has 0 bridgehead atoms. The van der Waals surface area contributed by atoms with E-state index in [9.17, 15) is 22.4 Å². The van der Waals surface area contributed by atoms with Crippen LogP contribution in [-0.2, 0) is 26.0 Å². The topological polar surface area (TPSA) is 86.8 Å². The van der Waals surface area contributed by atoms with Crippen molar-refractivity contribution in [3.63, 3.8) is 0 Å². The average molecular weight is 460 g/mol. The molecule has 32 heavy (non-hydrogen) atoms. The van der Waals surface area contributed by atoms with Crippen molar-refractivity contribution in [2.45, 2.75) is 37.5 Å². The van der Waals surface area contributed by atoms with Crippen molar-refractivity contribution >= 4 is 33.2 Å². The third-order valence-electron chi connectivity index (χ3n) is 6.14. The number of carbonyl (C=O) groups excluding carboxylic acids is 2. The highest BCUT2D eigenvalue weighted by Gasteiger charge is 2.32. The zero-order valence-corrected chi connectivity index (χ0v) is 18.7. The van der Waals surface area contributed by atoms with Crippen molar-refractivity contribution in [1.82, 2.24) is 4.31 Å². The van der Waals surface area contributed by atoms with E-state index in [1.807, 2.05) is 0 Å². The molecule has 1 N–H and O–H groups in total. The van der Waals surface area contributed by atoms with Crippen LogP contribution in [-0.4, -0.2) is 44.2 Å². The Balaban J connectivity index is 1.35. The molecule has 170 valence electrons. The number of carbonyl (C=O) groups is 2. The van der Waals surface area contributed by atoms with Crippen LogP contribution in [0.3, 0.4) is 0 Å². The van der Waals surface area contributed by atoms with Gasteiger partial charge in [0.1, 0.15) is 5.82 Å². The van der Waals surface area contributed by atoms with Gasteiger partial charge in [0.05, 0.1) is 4.90 Å². The van der Waals surface area contributed by atoms with E-state index in [0.29, 0.717) is 51.0 Å². The fraction of sp³-hybridized carbons (Fsp3) is 0.391. The molecule has 4 rings (SSSR count).